The van der Waals surface area contributed by atoms with Gasteiger partial charge in [-0.3, -0.25) is 15.1 Å². The lowest BCUT2D eigenvalue weighted by molar-refractivity contribution is -0.125. The van der Waals surface area contributed by atoms with Crippen molar-refractivity contribution in [2.75, 3.05) is 26.4 Å². The maximum absolute atomic E-state index is 12.9. The maximum Gasteiger partial charge on any atom is 0.242 e. The summed E-state index contributed by atoms with van der Waals surface area (Å²) < 4.78 is 11.0. The molecule has 3 heterocycles. The third-order valence-corrected chi connectivity index (χ3v) is 6.26. The van der Waals surface area contributed by atoms with Crippen molar-refractivity contribution >= 4 is 5.91 Å². The fourth-order valence-corrected chi connectivity index (χ4v) is 4.39. The Hall–Kier alpha value is -2.64. The van der Waals surface area contributed by atoms with Crippen LogP contribution in [0.1, 0.15) is 36.8 Å². The van der Waals surface area contributed by atoms with Gasteiger partial charge in [-0.05, 0) is 93.0 Å². The fraction of sp³-hybridized carbons (Fsp3) is 0.478. The first kappa shape index (κ1) is 20.6. The normalized spacial score (nSPS) is 18.1. The number of hydrogen-bond donors (Lipinski definition) is 3. The number of amides is 1. The SMILES string of the molecule is NC(=O)C(CCc1ccncc1)(NCCC1CCNCC1)c1ccc2c(c1)OCO2. The molecule has 0 aliphatic carbocycles. The number of hydrogen-bond acceptors (Lipinski definition) is 6. The van der Waals surface area contributed by atoms with Gasteiger partial charge >= 0.3 is 0 Å². The number of carbonyl (C=O) groups excluding carboxylic acids is 1. The van der Waals surface area contributed by atoms with Crippen LogP contribution in [0.5, 0.6) is 11.5 Å². The maximum atomic E-state index is 12.9. The van der Waals surface area contributed by atoms with Gasteiger partial charge in [0.05, 0.1) is 0 Å². The van der Waals surface area contributed by atoms with Gasteiger partial charge in [-0.1, -0.05) is 6.07 Å². The third-order valence-electron chi connectivity index (χ3n) is 6.26. The van der Waals surface area contributed by atoms with Crippen molar-refractivity contribution in [2.45, 2.75) is 37.6 Å². The Bertz CT molecular complexity index is 855. The molecule has 0 bridgehead atoms. The number of rotatable bonds is 9. The molecule has 1 aromatic carbocycles. The number of carbonyl (C=O) groups is 1. The van der Waals surface area contributed by atoms with E-state index in [2.05, 4.69) is 15.6 Å². The molecular weight excluding hydrogens is 380 g/mol. The summed E-state index contributed by atoms with van der Waals surface area (Å²) in [5, 5.41) is 6.95. The lowest BCUT2D eigenvalue weighted by Gasteiger charge is -2.34. The van der Waals surface area contributed by atoms with Crippen LogP contribution in [-0.2, 0) is 16.8 Å². The molecule has 1 amide bonds. The topological polar surface area (TPSA) is 98.5 Å². The van der Waals surface area contributed by atoms with E-state index in [1.54, 1.807) is 12.4 Å². The van der Waals surface area contributed by atoms with E-state index in [-0.39, 0.29) is 12.7 Å². The second-order valence-electron chi connectivity index (χ2n) is 8.10. The highest BCUT2D eigenvalue weighted by molar-refractivity contribution is 5.86. The Balaban J connectivity index is 1.56. The van der Waals surface area contributed by atoms with E-state index in [1.165, 1.54) is 12.8 Å². The molecule has 0 radical (unpaired) electrons. The minimum absolute atomic E-state index is 0.197. The molecule has 30 heavy (non-hydrogen) atoms. The summed E-state index contributed by atoms with van der Waals surface area (Å²) in [5.74, 6) is 1.64. The van der Waals surface area contributed by atoms with E-state index >= 15 is 0 Å². The number of nitrogens with one attached hydrogen (secondary N) is 2. The summed E-state index contributed by atoms with van der Waals surface area (Å²) in [6.45, 7) is 3.06. The number of piperidine rings is 1. The van der Waals surface area contributed by atoms with Crippen molar-refractivity contribution in [3.8, 4) is 11.5 Å². The molecule has 1 fully saturated rings. The molecule has 4 N–H and O–H groups in total. The van der Waals surface area contributed by atoms with Gasteiger partial charge < -0.3 is 20.5 Å². The zero-order valence-electron chi connectivity index (χ0n) is 17.2. The Labute approximate surface area is 177 Å². The van der Waals surface area contributed by atoms with Crippen molar-refractivity contribution in [1.82, 2.24) is 15.6 Å². The number of ether oxygens (including phenoxy) is 2. The number of benzene rings is 1. The number of pyridine rings is 1. The van der Waals surface area contributed by atoms with Crippen LogP contribution in [0.3, 0.4) is 0 Å². The Morgan fingerprint density at radius 1 is 1.17 bits per heavy atom. The standard InChI is InChI=1S/C23H30N4O3/c24-22(28)23(9-3-17-4-10-25-11-5-17,27-14-8-18-6-12-26-13-7-18)19-1-2-20-21(15-19)30-16-29-20/h1-2,4-5,10-11,15,18,26-27H,3,6-9,12-14,16H2,(H2,24,28). The van der Waals surface area contributed by atoms with Crippen LogP contribution in [0.2, 0.25) is 0 Å². The monoisotopic (exact) mass is 410 g/mol. The number of primary amides is 1. The van der Waals surface area contributed by atoms with Crippen LogP contribution >= 0.6 is 0 Å². The lowest BCUT2D eigenvalue weighted by Crippen LogP contribution is -2.53. The van der Waals surface area contributed by atoms with Crippen LogP contribution in [0.15, 0.2) is 42.7 Å². The predicted molar refractivity (Wildman–Crippen MR) is 114 cm³/mol. The molecule has 1 unspecified atom stereocenters. The second-order valence-corrected chi connectivity index (χ2v) is 8.10. The molecule has 4 rings (SSSR count). The van der Waals surface area contributed by atoms with Gasteiger partial charge in [0.15, 0.2) is 11.5 Å². The largest absolute Gasteiger partial charge is 0.454 e. The van der Waals surface area contributed by atoms with Gasteiger partial charge in [-0.25, -0.2) is 0 Å². The van der Waals surface area contributed by atoms with E-state index in [4.69, 9.17) is 15.2 Å². The molecule has 1 saturated heterocycles. The summed E-state index contributed by atoms with van der Waals surface area (Å²) in [4.78, 5) is 17.0. The van der Waals surface area contributed by atoms with Gasteiger partial charge in [0.25, 0.3) is 0 Å². The van der Waals surface area contributed by atoms with Crippen LogP contribution in [0, 0.1) is 5.92 Å². The first-order valence-corrected chi connectivity index (χ1v) is 10.7. The summed E-state index contributed by atoms with van der Waals surface area (Å²) in [7, 11) is 0. The molecule has 2 aliphatic rings. The molecule has 1 aromatic heterocycles. The predicted octanol–water partition coefficient (Wildman–Crippen LogP) is 2.10. The molecule has 0 spiro atoms. The zero-order valence-corrected chi connectivity index (χ0v) is 17.2. The molecule has 0 saturated carbocycles. The van der Waals surface area contributed by atoms with E-state index < -0.39 is 5.54 Å². The average Bonchev–Trinajstić information content (AvgIpc) is 3.25. The first-order chi connectivity index (χ1) is 14.7. The van der Waals surface area contributed by atoms with E-state index in [0.29, 0.717) is 30.3 Å². The molecular formula is C23H30N4O3. The quantitative estimate of drug-likeness (QED) is 0.586. The fourth-order valence-electron chi connectivity index (χ4n) is 4.39. The van der Waals surface area contributed by atoms with Gasteiger partial charge in [-0.2, -0.15) is 0 Å². The zero-order chi connectivity index (χ0) is 20.8. The van der Waals surface area contributed by atoms with Crippen molar-refractivity contribution < 1.29 is 14.3 Å². The molecule has 7 nitrogen and oxygen atoms in total. The molecule has 7 heteroatoms. The Kier molecular flexibility index (Phi) is 6.50. The smallest absolute Gasteiger partial charge is 0.242 e. The Morgan fingerprint density at radius 3 is 2.70 bits per heavy atom. The summed E-state index contributed by atoms with van der Waals surface area (Å²) in [6.07, 6.45) is 8.17. The minimum atomic E-state index is -0.975. The first-order valence-electron chi connectivity index (χ1n) is 10.7. The minimum Gasteiger partial charge on any atom is -0.454 e. The van der Waals surface area contributed by atoms with Gasteiger partial charge in [-0.15, -0.1) is 0 Å². The highest BCUT2D eigenvalue weighted by atomic mass is 16.7. The van der Waals surface area contributed by atoms with E-state index in [1.807, 2.05) is 30.3 Å². The number of fused-ring (bicyclic) bond motifs is 1. The van der Waals surface area contributed by atoms with Crippen LogP contribution in [0.25, 0.3) is 0 Å². The van der Waals surface area contributed by atoms with Crippen molar-refractivity contribution in [3.63, 3.8) is 0 Å². The number of aromatic nitrogens is 1. The van der Waals surface area contributed by atoms with E-state index in [9.17, 15) is 4.79 Å². The van der Waals surface area contributed by atoms with Crippen LogP contribution in [0.4, 0.5) is 0 Å². The molecule has 2 aliphatic heterocycles. The van der Waals surface area contributed by atoms with Crippen molar-refractivity contribution in [2.24, 2.45) is 11.7 Å². The summed E-state index contributed by atoms with van der Waals surface area (Å²) in [6, 6.07) is 9.61. The number of nitrogens with zero attached hydrogens (tertiary/aromatic N) is 1. The van der Waals surface area contributed by atoms with Crippen LogP contribution in [-0.4, -0.2) is 37.3 Å². The third kappa shape index (κ3) is 4.57. The van der Waals surface area contributed by atoms with Crippen molar-refractivity contribution in [3.05, 3.63) is 53.9 Å². The number of nitrogens with two attached hydrogens (primary N) is 1. The second kappa shape index (κ2) is 9.45. The summed E-state index contributed by atoms with van der Waals surface area (Å²) in [5.41, 5.74) is 7.00. The van der Waals surface area contributed by atoms with E-state index in [0.717, 1.165) is 37.2 Å². The Morgan fingerprint density at radius 2 is 1.93 bits per heavy atom. The number of aryl methyl sites for hydroxylation is 1. The van der Waals surface area contributed by atoms with Gasteiger partial charge in [0.1, 0.15) is 5.54 Å². The summed E-state index contributed by atoms with van der Waals surface area (Å²) >= 11 is 0. The van der Waals surface area contributed by atoms with Crippen LogP contribution < -0.4 is 25.8 Å². The average molecular weight is 411 g/mol. The van der Waals surface area contributed by atoms with Gasteiger partial charge in [0.2, 0.25) is 12.7 Å². The molecule has 1 atom stereocenters. The van der Waals surface area contributed by atoms with Gasteiger partial charge in [0, 0.05) is 12.4 Å². The van der Waals surface area contributed by atoms with Crippen molar-refractivity contribution in [1.29, 1.82) is 0 Å². The highest BCUT2D eigenvalue weighted by Gasteiger charge is 2.39. The molecule has 160 valence electrons. The molecule has 2 aromatic rings. The highest BCUT2D eigenvalue weighted by Crippen LogP contribution is 2.37. The lowest BCUT2D eigenvalue weighted by atomic mass is 9.82.